The first-order valence-corrected chi connectivity index (χ1v) is 7.46. The van der Waals surface area contributed by atoms with Crippen LogP contribution in [0.15, 0.2) is 67.1 Å². The van der Waals surface area contributed by atoms with Crippen molar-refractivity contribution in [2.75, 3.05) is 18.1 Å². The van der Waals surface area contributed by atoms with E-state index in [2.05, 4.69) is 4.98 Å². The van der Waals surface area contributed by atoms with E-state index >= 15 is 0 Å². The summed E-state index contributed by atoms with van der Waals surface area (Å²) in [5.41, 5.74) is 2.32. The fourth-order valence-electron chi connectivity index (χ4n) is 2.73. The number of benzene rings is 1. The Morgan fingerprint density at radius 2 is 1.96 bits per heavy atom. The van der Waals surface area contributed by atoms with Gasteiger partial charge in [-0.15, -0.1) is 0 Å². The molecule has 0 radical (unpaired) electrons. The molecule has 3 aromatic rings. The van der Waals surface area contributed by atoms with Crippen LogP contribution in [-0.2, 0) is 0 Å². The van der Waals surface area contributed by atoms with Gasteiger partial charge in [0.2, 0.25) is 5.88 Å². The van der Waals surface area contributed by atoms with Crippen molar-refractivity contribution in [2.45, 2.75) is 0 Å². The van der Waals surface area contributed by atoms with Crippen molar-refractivity contribution < 1.29 is 9.53 Å². The fourth-order valence-corrected chi connectivity index (χ4v) is 2.73. The molecule has 0 saturated heterocycles. The number of pyridine rings is 1. The highest BCUT2D eigenvalue weighted by Crippen LogP contribution is 2.30. The number of fused-ring (bicyclic) bond motifs is 1. The minimum absolute atomic E-state index is 0.0449. The highest BCUT2D eigenvalue weighted by molar-refractivity contribution is 6.07. The van der Waals surface area contributed by atoms with Gasteiger partial charge in [0.25, 0.3) is 5.91 Å². The zero-order valence-electron chi connectivity index (χ0n) is 12.4. The van der Waals surface area contributed by atoms with E-state index in [1.54, 1.807) is 11.1 Å². The third-order valence-electron chi connectivity index (χ3n) is 3.84. The molecule has 5 nitrogen and oxygen atoms in total. The van der Waals surface area contributed by atoms with Gasteiger partial charge in [-0.05, 0) is 42.5 Å². The standard InChI is InChI=1S/C18H15N3O2/c22-18(21-11-12-23-17-16(21)7-4-8-19-17)14-5-3-6-15(13-14)20-9-1-2-10-20/h1-10,13H,11-12H2. The third kappa shape index (κ3) is 2.46. The van der Waals surface area contributed by atoms with E-state index in [4.69, 9.17) is 4.74 Å². The molecule has 0 atom stereocenters. The summed E-state index contributed by atoms with van der Waals surface area (Å²) in [5.74, 6) is 0.463. The Hall–Kier alpha value is -3.08. The molecule has 0 saturated carbocycles. The van der Waals surface area contributed by atoms with Gasteiger partial charge >= 0.3 is 0 Å². The third-order valence-corrected chi connectivity index (χ3v) is 3.84. The summed E-state index contributed by atoms with van der Waals surface area (Å²) in [6.07, 6.45) is 5.58. The lowest BCUT2D eigenvalue weighted by Crippen LogP contribution is -2.38. The summed E-state index contributed by atoms with van der Waals surface area (Å²) in [6.45, 7) is 0.971. The molecule has 0 fully saturated rings. The monoisotopic (exact) mass is 305 g/mol. The highest BCUT2D eigenvalue weighted by atomic mass is 16.5. The molecular weight excluding hydrogens is 290 g/mol. The van der Waals surface area contributed by atoms with Gasteiger partial charge in [-0.25, -0.2) is 4.98 Å². The van der Waals surface area contributed by atoms with Gasteiger partial charge in [-0.1, -0.05) is 6.07 Å². The van der Waals surface area contributed by atoms with Gasteiger partial charge in [0.05, 0.1) is 6.54 Å². The molecule has 0 bridgehead atoms. The van der Waals surface area contributed by atoms with E-state index in [1.807, 2.05) is 65.5 Å². The summed E-state index contributed by atoms with van der Waals surface area (Å²) in [4.78, 5) is 18.8. The number of hydrogen-bond acceptors (Lipinski definition) is 3. The van der Waals surface area contributed by atoms with Crippen LogP contribution in [0.5, 0.6) is 5.88 Å². The Kier molecular flexibility index (Phi) is 3.31. The van der Waals surface area contributed by atoms with Crippen molar-refractivity contribution in [1.82, 2.24) is 9.55 Å². The summed E-state index contributed by atoms with van der Waals surface area (Å²) in [6, 6.07) is 15.2. The molecule has 1 aliphatic rings. The average molecular weight is 305 g/mol. The predicted molar refractivity (Wildman–Crippen MR) is 87.2 cm³/mol. The van der Waals surface area contributed by atoms with Gasteiger partial charge in [0, 0.05) is 29.8 Å². The lowest BCUT2D eigenvalue weighted by Gasteiger charge is -2.28. The van der Waals surface area contributed by atoms with Crippen LogP contribution < -0.4 is 9.64 Å². The number of rotatable bonds is 2. The first-order chi connectivity index (χ1) is 11.3. The number of carbonyl (C=O) groups excluding carboxylic acids is 1. The van der Waals surface area contributed by atoms with E-state index in [0.717, 1.165) is 11.4 Å². The lowest BCUT2D eigenvalue weighted by molar-refractivity contribution is 0.0975. The number of carbonyl (C=O) groups is 1. The number of amides is 1. The van der Waals surface area contributed by atoms with Crippen molar-refractivity contribution in [1.29, 1.82) is 0 Å². The predicted octanol–water partition coefficient (Wildman–Crippen LogP) is 2.91. The molecule has 0 N–H and O–H groups in total. The Morgan fingerprint density at radius 3 is 2.83 bits per heavy atom. The molecule has 3 heterocycles. The fraction of sp³-hybridized carbons (Fsp3) is 0.111. The molecule has 1 aromatic carbocycles. The molecule has 4 rings (SSSR count). The SMILES string of the molecule is O=C(c1cccc(-n2cccc2)c1)N1CCOc2ncccc21. The number of anilines is 1. The van der Waals surface area contributed by atoms with Crippen molar-refractivity contribution in [3.05, 3.63) is 72.7 Å². The zero-order chi connectivity index (χ0) is 15.6. The molecule has 0 aliphatic carbocycles. The van der Waals surface area contributed by atoms with Crippen LogP contribution in [0.1, 0.15) is 10.4 Å². The van der Waals surface area contributed by atoms with E-state index in [1.165, 1.54) is 0 Å². The zero-order valence-corrected chi connectivity index (χ0v) is 12.4. The molecule has 114 valence electrons. The Bertz CT molecular complexity index is 843. The normalized spacial score (nSPS) is 13.3. The maximum atomic E-state index is 12.9. The Balaban J connectivity index is 1.69. The number of nitrogens with zero attached hydrogens (tertiary/aromatic N) is 3. The van der Waals surface area contributed by atoms with Gasteiger partial charge in [-0.2, -0.15) is 0 Å². The van der Waals surface area contributed by atoms with E-state index in [0.29, 0.717) is 24.6 Å². The minimum atomic E-state index is -0.0449. The van der Waals surface area contributed by atoms with E-state index in [-0.39, 0.29) is 5.91 Å². The quantitative estimate of drug-likeness (QED) is 0.731. The minimum Gasteiger partial charge on any atom is -0.474 e. The second-order valence-corrected chi connectivity index (χ2v) is 5.27. The molecular formula is C18H15N3O2. The second kappa shape index (κ2) is 5.61. The van der Waals surface area contributed by atoms with Crippen molar-refractivity contribution in [2.24, 2.45) is 0 Å². The van der Waals surface area contributed by atoms with Crippen molar-refractivity contribution in [3.8, 4) is 11.6 Å². The van der Waals surface area contributed by atoms with Gasteiger partial charge in [-0.3, -0.25) is 4.79 Å². The Morgan fingerprint density at radius 1 is 1.09 bits per heavy atom. The van der Waals surface area contributed by atoms with E-state index < -0.39 is 0 Å². The summed E-state index contributed by atoms with van der Waals surface area (Å²) in [7, 11) is 0. The summed E-state index contributed by atoms with van der Waals surface area (Å²) >= 11 is 0. The topological polar surface area (TPSA) is 47.4 Å². The van der Waals surface area contributed by atoms with E-state index in [9.17, 15) is 4.79 Å². The Labute approximate surface area is 133 Å². The van der Waals surface area contributed by atoms with Gasteiger partial charge < -0.3 is 14.2 Å². The molecule has 1 aliphatic heterocycles. The highest BCUT2D eigenvalue weighted by Gasteiger charge is 2.25. The van der Waals surface area contributed by atoms with Gasteiger partial charge in [0.1, 0.15) is 12.3 Å². The maximum absolute atomic E-state index is 12.9. The van der Waals surface area contributed by atoms with Crippen LogP contribution in [0.2, 0.25) is 0 Å². The van der Waals surface area contributed by atoms with Crippen LogP contribution >= 0.6 is 0 Å². The molecule has 23 heavy (non-hydrogen) atoms. The molecule has 0 spiro atoms. The number of ether oxygens (including phenoxy) is 1. The summed E-state index contributed by atoms with van der Waals surface area (Å²) in [5, 5.41) is 0. The van der Waals surface area contributed by atoms with Crippen molar-refractivity contribution in [3.63, 3.8) is 0 Å². The first-order valence-electron chi connectivity index (χ1n) is 7.46. The molecule has 1 amide bonds. The number of aromatic nitrogens is 2. The molecule has 5 heteroatoms. The lowest BCUT2D eigenvalue weighted by atomic mass is 10.1. The van der Waals surface area contributed by atoms with Crippen molar-refractivity contribution >= 4 is 11.6 Å². The van der Waals surface area contributed by atoms with Crippen LogP contribution in [0.3, 0.4) is 0 Å². The van der Waals surface area contributed by atoms with Crippen LogP contribution in [0.25, 0.3) is 5.69 Å². The van der Waals surface area contributed by atoms with Crippen LogP contribution in [0.4, 0.5) is 5.69 Å². The van der Waals surface area contributed by atoms with Gasteiger partial charge in [0.15, 0.2) is 0 Å². The van der Waals surface area contributed by atoms with Crippen LogP contribution in [0, 0.1) is 0 Å². The molecule has 0 unspecified atom stereocenters. The van der Waals surface area contributed by atoms with Crippen LogP contribution in [-0.4, -0.2) is 28.6 Å². The summed E-state index contributed by atoms with van der Waals surface area (Å²) < 4.78 is 7.49. The second-order valence-electron chi connectivity index (χ2n) is 5.27. The largest absolute Gasteiger partial charge is 0.474 e. The smallest absolute Gasteiger partial charge is 0.258 e. The first kappa shape index (κ1) is 13.6. The molecule has 2 aromatic heterocycles. The average Bonchev–Trinajstić information content (AvgIpc) is 3.15. The number of hydrogen-bond donors (Lipinski definition) is 0. The maximum Gasteiger partial charge on any atom is 0.258 e.